The first-order valence-electron chi connectivity index (χ1n) is 6.06. The highest BCUT2D eigenvalue weighted by Gasteiger charge is 2.06. The largest absolute Gasteiger partial charge is 0.384 e. The molecule has 2 aromatic rings. The highest BCUT2D eigenvalue weighted by molar-refractivity contribution is 9.10. The van der Waals surface area contributed by atoms with Crippen molar-refractivity contribution in [3.05, 3.63) is 46.3 Å². The minimum atomic E-state index is 0.363. The van der Waals surface area contributed by atoms with E-state index in [0.29, 0.717) is 11.7 Å². The molecule has 0 radical (unpaired) electrons. The van der Waals surface area contributed by atoms with Crippen LogP contribution in [-0.2, 0) is 5.75 Å². The predicted molar refractivity (Wildman–Crippen MR) is 84.2 cm³/mol. The van der Waals surface area contributed by atoms with Gasteiger partial charge >= 0.3 is 0 Å². The van der Waals surface area contributed by atoms with Crippen molar-refractivity contribution in [1.82, 2.24) is 9.97 Å². The Kier molecular flexibility index (Phi) is 4.82. The SMILES string of the molecule is CC(C)c1cc(N)nc(CSc2ccc(Br)cc2)n1. The number of thioether (sulfide) groups is 1. The quantitative estimate of drug-likeness (QED) is 0.848. The molecule has 3 nitrogen and oxygen atoms in total. The molecule has 0 saturated carbocycles. The Labute approximate surface area is 126 Å². The van der Waals surface area contributed by atoms with Gasteiger partial charge in [-0.2, -0.15) is 0 Å². The molecule has 0 spiro atoms. The van der Waals surface area contributed by atoms with Crippen molar-refractivity contribution in [3.8, 4) is 0 Å². The lowest BCUT2D eigenvalue weighted by Crippen LogP contribution is -2.03. The number of hydrogen-bond acceptors (Lipinski definition) is 4. The Balaban J connectivity index is 2.08. The van der Waals surface area contributed by atoms with Crippen LogP contribution in [0.1, 0.15) is 31.3 Å². The van der Waals surface area contributed by atoms with Gasteiger partial charge in [-0.25, -0.2) is 9.97 Å². The third-order valence-corrected chi connectivity index (χ3v) is 4.12. The number of nitrogen functional groups attached to an aromatic ring is 1. The van der Waals surface area contributed by atoms with Gasteiger partial charge in [0.15, 0.2) is 0 Å². The van der Waals surface area contributed by atoms with Crippen molar-refractivity contribution in [3.63, 3.8) is 0 Å². The highest BCUT2D eigenvalue weighted by atomic mass is 79.9. The molecule has 100 valence electrons. The van der Waals surface area contributed by atoms with E-state index in [0.717, 1.165) is 21.7 Å². The van der Waals surface area contributed by atoms with E-state index in [9.17, 15) is 0 Å². The van der Waals surface area contributed by atoms with Gasteiger partial charge in [-0.05, 0) is 30.2 Å². The lowest BCUT2D eigenvalue weighted by atomic mass is 10.1. The molecule has 5 heteroatoms. The Morgan fingerprint density at radius 3 is 2.53 bits per heavy atom. The predicted octanol–water partition coefficient (Wildman–Crippen LogP) is 4.24. The van der Waals surface area contributed by atoms with Gasteiger partial charge in [0.2, 0.25) is 0 Å². The number of nitrogens with two attached hydrogens (primary N) is 1. The molecule has 1 aromatic heterocycles. The van der Waals surface area contributed by atoms with Crippen molar-refractivity contribution in [2.45, 2.75) is 30.4 Å². The molecule has 0 aliphatic carbocycles. The molecule has 1 aromatic carbocycles. The van der Waals surface area contributed by atoms with Gasteiger partial charge in [0, 0.05) is 21.1 Å². The van der Waals surface area contributed by atoms with Crippen LogP contribution in [-0.4, -0.2) is 9.97 Å². The smallest absolute Gasteiger partial charge is 0.141 e. The van der Waals surface area contributed by atoms with Gasteiger partial charge in [-0.1, -0.05) is 29.8 Å². The second-order valence-corrected chi connectivity index (χ2v) is 6.50. The molecule has 0 aliphatic heterocycles. The highest BCUT2D eigenvalue weighted by Crippen LogP contribution is 2.24. The van der Waals surface area contributed by atoms with Gasteiger partial charge in [-0.15, -0.1) is 11.8 Å². The topological polar surface area (TPSA) is 51.8 Å². The van der Waals surface area contributed by atoms with Crippen molar-refractivity contribution >= 4 is 33.5 Å². The van der Waals surface area contributed by atoms with Crippen LogP contribution in [0.15, 0.2) is 39.7 Å². The second-order valence-electron chi connectivity index (χ2n) is 4.53. The van der Waals surface area contributed by atoms with Gasteiger partial charge in [0.05, 0.1) is 5.75 Å². The molecule has 0 unspecified atom stereocenters. The Morgan fingerprint density at radius 1 is 1.21 bits per heavy atom. The molecule has 0 amide bonds. The Hall–Kier alpha value is -1.07. The minimum Gasteiger partial charge on any atom is -0.384 e. The molecular weight excluding hydrogens is 322 g/mol. The number of aromatic nitrogens is 2. The van der Waals surface area contributed by atoms with Crippen molar-refractivity contribution in [2.75, 3.05) is 5.73 Å². The average molecular weight is 338 g/mol. The van der Waals surface area contributed by atoms with Gasteiger partial charge in [-0.3, -0.25) is 0 Å². The minimum absolute atomic E-state index is 0.363. The monoisotopic (exact) mass is 337 g/mol. The Morgan fingerprint density at radius 2 is 1.89 bits per heavy atom. The molecule has 0 aliphatic rings. The van der Waals surface area contributed by atoms with E-state index in [1.807, 2.05) is 18.2 Å². The summed E-state index contributed by atoms with van der Waals surface area (Å²) in [7, 11) is 0. The maximum Gasteiger partial charge on any atom is 0.141 e. The number of benzene rings is 1. The summed E-state index contributed by atoms with van der Waals surface area (Å²) >= 11 is 5.14. The second kappa shape index (κ2) is 6.39. The number of anilines is 1. The summed E-state index contributed by atoms with van der Waals surface area (Å²) in [5.41, 5.74) is 6.82. The van der Waals surface area contributed by atoms with Crippen LogP contribution < -0.4 is 5.73 Å². The van der Waals surface area contributed by atoms with Gasteiger partial charge in [0.25, 0.3) is 0 Å². The molecule has 0 atom stereocenters. The first-order valence-corrected chi connectivity index (χ1v) is 7.84. The zero-order chi connectivity index (χ0) is 13.8. The van der Waals surface area contributed by atoms with E-state index < -0.39 is 0 Å². The molecule has 0 bridgehead atoms. The van der Waals surface area contributed by atoms with E-state index in [1.165, 1.54) is 4.90 Å². The molecule has 19 heavy (non-hydrogen) atoms. The fraction of sp³-hybridized carbons (Fsp3) is 0.286. The van der Waals surface area contributed by atoms with Crippen molar-refractivity contribution in [1.29, 1.82) is 0 Å². The summed E-state index contributed by atoms with van der Waals surface area (Å²) in [5, 5.41) is 0. The van der Waals surface area contributed by atoms with Crippen LogP contribution >= 0.6 is 27.7 Å². The molecule has 2 N–H and O–H groups in total. The summed E-state index contributed by atoms with van der Waals surface area (Å²) < 4.78 is 1.08. The zero-order valence-electron chi connectivity index (χ0n) is 10.9. The summed E-state index contributed by atoms with van der Waals surface area (Å²) in [6, 6.07) is 10.1. The van der Waals surface area contributed by atoms with Crippen LogP contribution in [0.2, 0.25) is 0 Å². The van der Waals surface area contributed by atoms with E-state index in [-0.39, 0.29) is 0 Å². The molecule has 1 heterocycles. The first kappa shape index (κ1) is 14.3. The standard InChI is InChI=1S/C14H16BrN3S/c1-9(2)12-7-13(16)18-14(17-12)8-19-11-5-3-10(15)4-6-11/h3-7,9H,8H2,1-2H3,(H2,16,17,18). The summed E-state index contributed by atoms with van der Waals surface area (Å²) in [4.78, 5) is 10.0. The van der Waals surface area contributed by atoms with Crippen molar-refractivity contribution < 1.29 is 0 Å². The summed E-state index contributed by atoms with van der Waals surface area (Å²) in [6.07, 6.45) is 0. The van der Waals surface area contributed by atoms with Crippen LogP contribution in [0.25, 0.3) is 0 Å². The summed E-state index contributed by atoms with van der Waals surface area (Å²) in [6.45, 7) is 4.21. The molecule has 2 rings (SSSR count). The molecule has 0 fully saturated rings. The number of halogens is 1. The third kappa shape index (κ3) is 4.21. The van der Waals surface area contributed by atoms with Crippen LogP contribution in [0.5, 0.6) is 0 Å². The normalized spacial score (nSPS) is 10.9. The number of rotatable bonds is 4. The lowest BCUT2D eigenvalue weighted by molar-refractivity contribution is 0.801. The van der Waals surface area contributed by atoms with Gasteiger partial charge in [0.1, 0.15) is 11.6 Å². The Bertz CT molecular complexity index is 555. The average Bonchev–Trinajstić information content (AvgIpc) is 2.37. The fourth-order valence-electron chi connectivity index (χ4n) is 1.58. The van der Waals surface area contributed by atoms with E-state index in [2.05, 4.69) is 51.9 Å². The lowest BCUT2D eigenvalue weighted by Gasteiger charge is -2.08. The van der Waals surface area contributed by atoms with E-state index in [4.69, 9.17) is 5.73 Å². The summed E-state index contributed by atoms with van der Waals surface area (Å²) in [5.74, 6) is 2.43. The maximum atomic E-state index is 5.82. The molecule has 0 saturated heterocycles. The van der Waals surface area contributed by atoms with E-state index >= 15 is 0 Å². The third-order valence-electron chi connectivity index (χ3n) is 2.59. The van der Waals surface area contributed by atoms with Crippen LogP contribution in [0, 0.1) is 0 Å². The van der Waals surface area contributed by atoms with Crippen LogP contribution in [0.4, 0.5) is 5.82 Å². The van der Waals surface area contributed by atoms with Crippen molar-refractivity contribution in [2.24, 2.45) is 0 Å². The molecular formula is C14H16BrN3S. The van der Waals surface area contributed by atoms with E-state index in [1.54, 1.807) is 11.8 Å². The van der Waals surface area contributed by atoms with Gasteiger partial charge < -0.3 is 5.73 Å². The number of hydrogen-bond donors (Lipinski definition) is 1. The zero-order valence-corrected chi connectivity index (χ0v) is 13.3. The number of nitrogens with zero attached hydrogens (tertiary/aromatic N) is 2. The fourth-order valence-corrected chi connectivity index (χ4v) is 2.60. The van der Waals surface area contributed by atoms with Crippen LogP contribution in [0.3, 0.4) is 0 Å². The maximum absolute atomic E-state index is 5.82. The first-order chi connectivity index (χ1) is 9.04.